The van der Waals surface area contributed by atoms with Crippen LogP contribution in [0.2, 0.25) is 0 Å². The van der Waals surface area contributed by atoms with Crippen LogP contribution in [0.25, 0.3) is 0 Å². The molecule has 0 bridgehead atoms. The highest BCUT2D eigenvalue weighted by molar-refractivity contribution is 5.69. The molecule has 4 rings (SSSR count). The van der Waals surface area contributed by atoms with Gasteiger partial charge < -0.3 is 14.6 Å². The number of aliphatic hydroxyl groups is 1. The minimum absolute atomic E-state index is 0.0304. The van der Waals surface area contributed by atoms with Crippen molar-refractivity contribution < 1.29 is 24.2 Å². The van der Waals surface area contributed by atoms with Crippen molar-refractivity contribution in [2.75, 3.05) is 7.11 Å². The van der Waals surface area contributed by atoms with Gasteiger partial charge in [-0.3, -0.25) is 9.59 Å². The Kier molecular flexibility index (Phi) is 6.70. The van der Waals surface area contributed by atoms with Gasteiger partial charge in [-0.05, 0) is 104 Å². The van der Waals surface area contributed by atoms with Gasteiger partial charge in [0.15, 0.2) is 0 Å². The molecule has 182 valence electrons. The number of carbonyl (C=O) groups excluding carboxylic acids is 2. The molecule has 5 heteroatoms. The number of hydrogen-bond donors (Lipinski definition) is 1. The molecular weight excluding hydrogens is 404 g/mol. The monoisotopic (exact) mass is 448 g/mol. The molecule has 0 aromatic carbocycles. The normalized spacial score (nSPS) is 46.4. The highest BCUT2D eigenvalue weighted by atomic mass is 16.5. The smallest absolute Gasteiger partial charge is 0.305 e. The van der Waals surface area contributed by atoms with E-state index in [0.29, 0.717) is 41.4 Å². The Hall–Kier alpha value is -1.10. The average molecular weight is 449 g/mol. The highest BCUT2D eigenvalue weighted by Gasteiger charge is 2.62. The van der Waals surface area contributed by atoms with Gasteiger partial charge in [-0.25, -0.2) is 0 Å². The topological polar surface area (TPSA) is 72.8 Å². The summed E-state index contributed by atoms with van der Waals surface area (Å²) < 4.78 is 10.4. The Bertz CT molecular complexity index is 721. The molecule has 0 amide bonds. The van der Waals surface area contributed by atoms with Crippen LogP contribution in [0, 0.1) is 46.3 Å². The molecular formula is C27H44O5. The van der Waals surface area contributed by atoms with E-state index in [9.17, 15) is 14.7 Å². The zero-order chi connectivity index (χ0) is 23.3. The van der Waals surface area contributed by atoms with Gasteiger partial charge in [0, 0.05) is 13.3 Å². The fourth-order valence-corrected chi connectivity index (χ4v) is 9.23. The molecule has 32 heavy (non-hydrogen) atoms. The fourth-order valence-electron chi connectivity index (χ4n) is 9.23. The first-order valence-corrected chi connectivity index (χ1v) is 13.0. The third kappa shape index (κ3) is 4.01. The molecule has 0 radical (unpaired) electrons. The van der Waals surface area contributed by atoms with E-state index in [2.05, 4.69) is 20.8 Å². The van der Waals surface area contributed by atoms with Gasteiger partial charge >= 0.3 is 11.9 Å². The zero-order valence-corrected chi connectivity index (χ0v) is 20.8. The SMILES string of the molecule is COC(=O)CC[C@@H](C)[C@H]1CCC2C3C[C@H](O)C4C[C@H](OC(C)=O)CC[C@]4(C)C3CC[C@@]21C. The fraction of sp³-hybridized carbons (Fsp3) is 0.926. The average Bonchev–Trinajstić information content (AvgIpc) is 3.10. The highest BCUT2D eigenvalue weighted by Crippen LogP contribution is 2.68. The Morgan fingerprint density at radius 2 is 1.69 bits per heavy atom. The number of hydrogen-bond acceptors (Lipinski definition) is 5. The zero-order valence-electron chi connectivity index (χ0n) is 20.8. The maximum Gasteiger partial charge on any atom is 0.305 e. The second kappa shape index (κ2) is 8.92. The number of ether oxygens (including phenoxy) is 2. The lowest BCUT2D eigenvalue weighted by atomic mass is 9.43. The second-order valence-corrected chi connectivity index (χ2v) is 12.1. The lowest BCUT2D eigenvalue weighted by molar-refractivity contribution is -0.182. The Labute approximate surface area is 194 Å². The van der Waals surface area contributed by atoms with Crippen LogP contribution in [0.3, 0.4) is 0 Å². The maximum absolute atomic E-state index is 11.7. The van der Waals surface area contributed by atoms with E-state index in [0.717, 1.165) is 32.1 Å². The van der Waals surface area contributed by atoms with Crippen LogP contribution < -0.4 is 0 Å². The van der Waals surface area contributed by atoms with E-state index in [1.165, 1.54) is 39.7 Å². The first-order valence-electron chi connectivity index (χ1n) is 13.0. The van der Waals surface area contributed by atoms with Gasteiger partial charge in [-0.15, -0.1) is 0 Å². The number of carbonyl (C=O) groups is 2. The van der Waals surface area contributed by atoms with Crippen molar-refractivity contribution in [3.63, 3.8) is 0 Å². The Morgan fingerprint density at radius 3 is 2.38 bits per heavy atom. The summed E-state index contributed by atoms with van der Waals surface area (Å²) in [6, 6.07) is 0. The van der Waals surface area contributed by atoms with Crippen LogP contribution in [-0.2, 0) is 19.1 Å². The van der Waals surface area contributed by atoms with Crippen LogP contribution in [-0.4, -0.2) is 36.4 Å². The summed E-state index contributed by atoms with van der Waals surface area (Å²) in [6.45, 7) is 8.76. The molecule has 0 aliphatic heterocycles. The summed E-state index contributed by atoms with van der Waals surface area (Å²) in [5, 5.41) is 11.3. The van der Waals surface area contributed by atoms with E-state index in [-0.39, 0.29) is 35.5 Å². The van der Waals surface area contributed by atoms with E-state index in [1.54, 1.807) is 0 Å². The molecule has 10 atom stereocenters. The largest absolute Gasteiger partial charge is 0.469 e. The molecule has 4 aliphatic rings. The number of rotatable bonds is 5. The first kappa shape index (κ1) is 24.0. The van der Waals surface area contributed by atoms with Crippen molar-refractivity contribution >= 4 is 11.9 Å². The van der Waals surface area contributed by atoms with Crippen molar-refractivity contribution in [3.8, 4) is 0 Å². The molecule has 0 aromatic rings. The molecule has 5 nitrogen and oxygen atoms in total. The van der Waals surface area contributed by atoms with Crippen molar-refractivity contribution in [1.82, 2.24) is 0 Å². The predicted molar refractivity (Wildman–Crippen MR) is 123 cm³/mol. The lowest BCUT2D eigenvalue weighted by Gasteiger charge is -2.62. The lowest BCUT2D eigenvalue weighted by Crippen LogP contribution is -2.58. The van der Waals surface area contributed by atoms with Crippen LogP contribution in [0.15, 0.2) is 0 Å². The number of methoxy groups -OCH3 is 1. The van der Waals surface area contributed by atoms with Crippen LogP contribution >= 0.6 is 0 Å². The summed E-state index contributed by atoms with van der Waals surface area (Å²) in [6.07, 6.45) is 9.82. The predicted octanol–water partition coefficient (Wildman–Crippen LogP) is 5.14. The van der Waals surface area contributed by atoms with Gasteiger partial charge in [-0.1, -0.05) is 20.8 Å². The number of esters is 2. The van der Waals surface area contributed by atoms with Gasteiger partial charge in [0.1, 0.15) is 6.10 Å². The number of aliphatic hydroxyl groups excluding tert-OH is 1. The van der Waals surface area contributed by atoms with E-state index in [4.69, 9.17) is 9.47 Å². The van der Waals surface area contributed by atoms with Crippen LogP contribution in [0.4, 0.5) is 0 Å². The molecule has 1 N–H and O–H groups in total. The molecule has 4 unspecified atom stereocenters. The molecule has 0 aromatic heterocycles. The molecule has 0 heterocycles. The molecule has 4 fully saturated rings. The first-order chi connectivity index (χ1) is 15.1. The molecule has 0 saturated heterocycles. The quantitative estimate of drug-likeness (QED) is 0.590. The molecule has 0 spiro atoms. The van der Waals surface area contributed by atoms with Crippen molar-refractivity contribution in [2.24, 2.45) is 46.3 Å². The Morgan fingerprint density at radius 1 is 1.00 bits per heavy atom. The van der Waals surface area contributed by atoms with Crippen LogP contribution in [0.5, 0.6) is 0 Å². The van der Waals surface area contributed by atoms with Gasteiger partial charge in [0.2, 0.25) is 0 Å². The second-order valence-electron chi connectivity index (χ2n) is 12.1. The van der Waals surface area contributed by atoms with Crippen molar-refractivity contribution in [2.45, 2.75) is 104 Å². The summed E-state index contributed by atoms with van der Waals surface area (Å²) in [7, 11) is 1.48. The summed E-state index contributed by atoms with van der Waals surface area (Å²) in [5.41, 5.74) is 0.462. The molecule has 4 aliphatic carbocycles. The Balaban J connectivity index is 1.49. The summed E-state index contributed by atoms with van der Waals surface area (Å²) >= 11 is 0. The summed E-state index contributed by atoms with van der Waals surface area (Å²) in [4.78, 5) is 23.2. The van der Waals surface area contributed by atoms with Gasteiger partial charge in [0.05, 0.1) is 13.2 Å². The summed E-state index contributed by atoms with van der Waals surface area (Å²) in [5.74, 6) is 3.04. The van der Waals surface area contributed by atoms with E-state index in [1.807, 2.05) is 0 Å². The van der Waals surface area contributed by atoms with Gasteiger partial charge in [0.25, 0.3) is 0 Å². The minimum atomic E-state index is -0.294. The third-order valence-electron chi connectivity index (χ3n) is 10.8. The molecule has 4 saturated carbocycles. The van der Waals surface area contributed by atoms with Crippen LogP contribution in [0.1, 0.15) is 91.9 Å². The standard InChI is InChI=1S/C27H44O5/c1-16(6-9-25(30)31-5)20-7-8-21-19-15-24(29)23-14-18(32-17(2)28)10-12-27(23,4)22(19)11-13-26(20,21)3/h16,18-24,29H,6-15H2,1-5H3/t16-,18-,19?,20-,21?,22?,23?,24+,26-,27-/m1/s1. The minimum Gasteiger partial charge on any atom is -0.469 e. The van der Waals surface area contributed by atoms with Crippen molar-refractivity contribution in [3.05, 3.63) is 0 Å². The van der Waals surface area contributed by atoms with Crippen molar-refractivity contribution in [1.29, 1.82) is 0 Å². The van der Waals surface area contributed by atoms with Gasteiger partial charge in [-0.2, -0.15) is 0 Å². The third-order valence-corrected chi connectivity index (χ3v) is 10.8. The van der Waals surface area contributed by atoms with E-state index < -0.39 is 0 Å². The maximum atomic E-state index is 11.7. The number of fused-ring (bicyclic) bond motifs is 5. The van der Waals surface area contributed by atoms with E-state index >= 15 is 0 Å².